The lowest BCUT2D eigenvalue weighted by molar-refractivity contribution is 0.0697. The molecule has 2 atom stereocenters. The smallest absolute Gasteiger partial charge is 0.335 e. The standard InChI is InChI=1S/C15H20N2O2/c18-15(19)11-4-6-12(7-5-11)16-13-8-10-17-9-2-1-3-14(13)17/h4-7,13-14,16H,1-3,8-10H2,(H,18,19). The van der Waals surface area contributed by atoms with Crippen molar-refractivity contribution in [1.82, 2.24) is 4.90 Å². The van der Waals surface area contributed by atoms with Gasteiger partial charge in [0.1, 0.15) is 0 Å². The fourth-order valence-corrected chi connectivity index (χ4v) is 3.34. The van der Waals surface area contributed by atoms with Crippen molar-refractivity contribution in [2.75, 3.05) is 18.4 Å². The van der Waals surface area contributed by atoms with E-state index in [9.17, 15) is 4.79 Å². The summed E-state index contributed by atoms with van der Waals surface area (Å²) in [5.41, 5.74) is 1.37. The van der Waals surface area contributed by atoms with Crippen molar-refractivity contribution in [2.45, 2.75) is 37.8 Å². The maximum absolute atomic E-state index is 10.8. The van der Waals surface area contributed by atoms with Gasteiger partial charge < -0.3 is 10.4 Å². The van der Waals surface area contributed by atoms with Gasteiger partial charge in [-0.15, -0.1) is 0 Å². The van der Waals surface area contributed by atoms with Gasteiger partial charge in [0.25, 0.3) is 0 Å². The summed E-state index contributed by atoms with van der Waals surface area (Å²) in [5.74, 6) is -0.870. The zero-order chi connectivity index (χ0) is 13.2. The molecule has 2 aliphatic heterocycles. The van der Waals surface area contributed by atoms with Gasteiger partial charge in [-0.1, -0.05) is 6.42 Å². The zero-order valence-corrected chi connectivity index (χ0v) is 11.0. The summed E-state index contributed by atoms with van der Waals surface area (Å²) in [7, 11) is 0. The Hall–Kier alpha value is -1.55. The predicted molar refractivity (Wildman–Crippen MR) is 74.6 cm³/mol. The molecule has 0 aromatic heterocycles. The molecule has 1 aromatic carbocycles. The molecule has 1 aromatic rings. The highest BCUT2D eigenvalue weighted by Crippen LogP contribution is 2.29. The van der Waals surface area contributed by atoms with E-state index in [0.717, 1.165) is 5.69 Å². The SMILES string of the molecule is O=C(O)c1ccc(NC2CCN3CCCCC23)cc1. The van der Waals surface area contributed by atoms with Gasteiger partial charge in [-0.2, -0.15) is 0 Å². The van der Waals surface area contributed by atoms with Crippen molar-refractivity contribution in [2.24, 2.45) is 0 Å². The topological polar surface area (TPSA) is 52.6 Å². The Bertz CT molecular complexity index is 458. The van der Waals surface area contributed by atoms with Crippen LogP contribution >= 0.6 is 0 Å². The maximum Gasteiger partial charge on any atom is 0.335 e. The molecular weight excluding hydrogens is 240 g/mol. The largest absolute Gasteiger partial charge is 0.478 e. The Morgan fingerprint density at radius 2 is 1.95 bits per heavy atom. The Labute approximate surface area is 113 Å². The second-order valence-corrected chi connectivity index (χ2v) is 5.52. The van der Waals surface area contributed by atoms with Crippen molar-refractivity contribution in [3.05, 3.63) is 29.8 Å². The summed E-state index contributed by atoms with van der Waals surface area (Å²) in [4.78, 5) is 13.4. The first-order valence-corrected chi connectivity index (χ1v) is 7.08. The van der Waals surface area contributed by atoms with Gasteiger partial charge in [0.2, 0.25) is 0 Å². The van der Waals surface area contributed by atoms with Crippen LogP contribution in [0.2, 0.25) is 0 Å². The van der Waals surface area contributed by atoms with Gasteiger partial charge in [-0.05, 0) is 50.1 Å². The van der Waals surface area contributed by atoms with E-state index in [1.807, 2.05) is 12.1 Å². The third-order valence-electron chi connectivity index (χ3n) is 4.34. The fraction of sp³-hybridized carbons (Fsp3) is 0.533. The second-order valence-electron chi connectivity index (χ2n) is 5.52. The van der Waals surface area contributed by atoms with Crippen molar-refractivity contribution < 1.29 is 9.90 Å². The molecular formula is C15H20N2O2. The van der Waals surface area contributed by atoms with Crippen molar-refractivity contribution in [3.8, 4) is 0 Å². The number of nitrogens with zero attached hydrogens (tertiary/aromatic N) is 1. The minimum Gasteiger partial charge on any atom is -0.478 e. The Morgan fingerprint density at radius 3 is 2.68 bits per heavy atom. The summed E-state index contributed by atoms with van der Waals surface area (Å²) >= 11 is 0. The number of nitrogens with one attached hydrogen (secondary N) is 1. The third-order valence-corrected chi connectivity index (χ3v) is 4.34. The molecule has 2 aliphatic rings. The van der Waals surface area contributed by atoms with E-state index < -0.39 is 5.97 Å². The monoisotopic (exact) mass is 260 g/mol. The number of piperidine rings is 1. The first-order chi connectivity index (χ1) is 9.24. The van der Waals surface area contributed by atoms with Gasteiger partial charge in [-0.3, -0.25) is 4.90 Å². The Morgan fingerprint density at radius 1 is 1.16 bits per heavy atom. The molecule has 4 heteroatoms. The van der Waals surface area contributed by atoms with Crippen molar-refractivity contribution in [1.29, 1.82) is 0 Å². The minimum absolute atomic E-state index is 0.344. The van der Waals surface area contributed by atoms with Crippen LogP contribution in [-0.2, 0) is 0 Å². The van der Waals surface area contributed by atoms with Crippen LogP contribution in [0.3, 0.4) is 0 Å². The van der Waals surface area contributed by atoms with Gasteiger partial charge in [-0.25, -0.2) is 4.79 Å². The molecule has 2 unspecified atom stereocenters. The molecule has 0 aliphatic carbocycles. The quantitative estimate of drug-likeness (QED) is 0.876. The van der Waals surface area contributed by atoms with Gasteiger partial charge in [0, 0.05) is 24.3 Å². The van der Waals surface area contributed by atoms with Crippen LogP contribution in [0.25, 0.3) is 0 Å². The number of carbonyl (C=O) groups is 1. The number of hydrogen-bond donors (Lipinski definition) is 2. The number of fused-ring (bicyclic) bond motifs is 1. The molecule has 102 valence electrons. The molecule has 4 nitrogen and oxygen atoms in total. The van der Waals surface area contributed by atoms with Gasteiger partial charge >= 0.3 is 5.97 Å². The molecule has 2 saturated heterocycles. The molecule has 0 amide bonds. The van der Waals surface area contributed by atoms with Gasteiger partial charge in [0.15, 0.2) is 0 Å². The number of benzene rings is 1. The molecule has 0 bridgehead atoms. The van der Waals surface area contributed by atoms with E-state index in [2.05, 4.69) is 10.2 Å². The maximum atomic E-state index is 10.8. The highest BCUT2D eigenvalue weighted by Gasteiger charge is 2.35. The molecule has 2 fully saturated rings. The molecule has 3 rings (SSSR count). The predicted octanol–water partition coefficient (Wildman–Crippen LogP) is 2.42. The number of anilines is 1. The number of hydrogen-bond acceptors (Lipinski definition) is 3. The van der Waals surface area contributed by atoms with E-state index in [1.165, 1.54) is 38.8 Å². The number of aromatic carboxylic acids is 1. The van der Waals surface area contributed by atoms with Crippen LogP contribution in [0.1, 0.15) is 36.0 Å². The fourth-order valence-electron chi connectivity index (χ4n) is 3.34. The lowest BCUT2D eigenvalue weighted by atomic mass is 9.99. The molecule has 2 N–H and O–H groups in total. The highest BCUT2D eigenvalue weighted by atomic mass is 16.4. The first-order valence-electron chi connectivity index (χ1n) is 7.08. The van der Waals surface area contributed by atoms with E-state index in [1.54, 1.807) is 12.1 Å². The van der Waals surface area contributed by atoms with Crippen LogP contribution in [0.15, 0.2) is 24.3 Å². The highest BCUT2D eigenvalue weighted by molar-refractivity contribution is 5.88. The summed E-state index contributed by atoms with van der Waals surface area (Å²) < 4.78 is 0. The number of carboxylic acid groups (broad SMARTS) is 1. The van der Waals surface area contributed by atoms with Crippen molar-refractivity contribution in [3.63, 3.8) is 0 Å². The zero-order valence-electron chi connectivity index (χ0n) is 11.0. The summed E-state index contributed by atoms with van der Waals surface area (Å²) in [6.07, 6.45) is 5.13. The summed E-state index contributed by atoms with van der Waals surface area (Å²) in [6.45, 7) is 2.43. The second kappa shape index (κ2) is 5.21. The van der Waals surface area contributed by atoms with Crippen LogP contribution in [-0.4, -0.2) is 41.1 Å². The number of carboxylic acids is 1. The van der Waals surface area contributed by atoms with Crippen LogP contribution in [0, 0.1) is 0 Å². The van der Waals surface area contributed by atoms with E-state index in [-0.39, 0.29) is 0 Å². The molecule has 0 saturated carbocycles. The summed E-state index contributed by atoms with van der Waals surface area (Å²) in [6, 6.07) is 8.24. The molecule has 0 spiro atoms. The number of rotatable bonds is 3. The van der Waals surface area contributed by atoms with E-state index in [4.69, 9.17) is 5.11 Å². The Kier molecular flexibility index (Phi) is 3.42. The molecule has 19 heavy (non-hydrogen) atoms. The first kappa shape index (κ1) is 12.5. The average Bonchev–Trinajstić information content (AvgIpc) is 2.83. The van der Waals surface area contributed by atoms with E-state index >= 15 is 0 Å². The normalized spacial score (nSPS) is 26.9. The summed E-state index contributed by atoms with van der Waals surface area (Å²) in [5, 5.41) is 12.5. The molecule has 0 radical (unpaired) electrons. The molecule has 2 heterocycles. The van der Waals surface area contributed by atoms with E-state index in [0.29, 0.717) is 17.6 Å². The van der Waals surface area contributed by atoms with Gasteiger partial charge in [0.05, 0.1) is 5.56 Å². The van der Waals surface area contributed by atoms with Crippen LogP contribution < -0.4 is 5.32 Å². The van der Waals surface area contributed by atoms with Crippen LogP contribution in [0.4, 0.5) is 5.69 Å². The van der Waals surface area contributed by atoms with Crippen molar-refractivity contribution >= 4 is 11.7 Å². The lowest BCUT2D eigenvalue weighted by Gasteiger charge is -2.33. The minimum atomic E-state index is -0.870. The third kappa shape index (κ3) is 2.59. The lowest BCUT2D eigenvalue weighted by Crippen LogP contribution is -2.41. The average molecular weight is 260 g/mol. The Balaban J connectivity index is 1.66. The van der Waals surface area contributed by atoms with Crippen LogP contribution in [0.5, 0.6) is 0 Å².